The van der Waals surface area contributed by atoms with Crippen LogP contribution in [0.25, 0.3) is 11.8 Å². The van der Waals surface area contributed by atoms with E-state index in [1.807, 2.05) is 48.7 Å². The third kappa shape index (κ3) is 4.32. The predicted octanol–water partition coefficient (Wildman–Crippen LogP) is 3.75. The lowest BCUT2D eigenvalue weighted by Crippen LogP contribution is -2.35. The molecule has 0 saturated heterocycles. The Morgan fingerprint density at radius 1 is 1.24 bits per heavy atom. The molecular weight excluding hydrogens is 474 g/mol. The normalized spacial score (nSPS) is 17.4. The van der Waals surface area contributed by atoms with Gasteiger partial charge in [0.25, 0.3) is 5.91 Å². The molecule has 1 aromatic heterocycles. The molecule has 178 valence electrons. The molecule has 2 aromatic rings. The maximum atomic E-state index is 12.8. The van der Waals surface area contributed by atoms with E-state index in [-0.39, 0.29) is 32.6 Å². The number of ether oxygens (including phenoxy) is 1. The standard InChI is InChI=1S/C23H25N5O4S2/c1-13(2)12-34(30,31)23-26-28-20(24)19(21(29)25-22(28)33-23)10-16-9-14(3)27(15(16)4)17-7-6-8-18(11-17)32-5/h6-11,13,24H,12H2,1-5H3/b19-10+,24-20?. The van der Waals surface area contributed by atoms with Crippen LogP contribution in [0.5, 0.6) is 5.75 Å². The van der Waals surface area contributed by atoms with Crippen LogP contribution in [0, 0.1) is 25.2 Å². The summed E-state index contributed by atoms with van der Waals surface area (Å²) >= 11 is 0.803. The first-order chi connectivity index (χ1) is 16.0. The topological polar surface area (TPSA) is 117 Å². The van der Waals surface area contributed by atoms with Crippen molar-refractivity contribution in [1.29, 1.82) is 5.41 Å². The Kier molecular flexibility index (Phi) is 6.26. The zero-order valence-electron chi connectivity index (χ0n) is 19.5. The van der Waals surface area contributed by atoms with Crippen LogP contribution in [0.15, 0.2) is 46.0 Å². The molecule has 0 aliphatic carbocycles. The minimum absolute atomic E-state index is 0.0431. The van der Waals surface area contributed by atoms with E-state index in [4.69, 9.17) is 10.1 Å². The number of nitrogens with zero attached hydrogens (tertiary/aromatic N) is 4. The van der Waals surface area contributed by atoms with Gasteiger partial charge in [-0.2, -0.15) is 10.0 Å². The summed E-state index contributed by atoms with van der Waals surface area (Å²) in [5.41, 5.74) is 3.50. The summed E-state index contributed by atoms with van der Waals surface area (Å²) in [7, 11) is -2.02. The third-order valence-corrected chi connectivity index (χ3v) is 8.77. The highest BCUT2D eigenvalue weighted by atomic mass is 32.3. The zero-order chi connectivity index (χ0) is 24.8. The molecule has 4 rings (SSSR count). The van der Waals surface area contributed by atoms with E-state index >= 15 is 0 Å². The van der Waals surface area contributed by atoms with E-state index in [1.165, 1.54) is 0 Å². The Morgan fingerprint density at radius 3 is 2.65 bits per heavy atom. The number of fused-ring (bicyclic) bond motifs is 1. The van der Waals surface area contributed by atoms with Gasteiger partial charge >= 0.3 is 0 Å². The van der Waals surface area contributed by atoms with E-state index in [2.05, 4.69) is 10.1 Å². The van der Waals surface area contributed by atoms with Gasteiger partial charge in [0.1, 0.15) is 5.75 Å². The van der Waals surface area contributed by atoms with Crippen LogP contribution in [0.4, 0.5) is 0 Å². The van der Waals surface area contributed by atoms with Crippen molar-refractivity contribution in [1.82, 2.24) is 9.58 Å². The van der Waals surface area contributed by atoms with Crippen molar-refractivity contribution in [3.8, 4) is 11.4 Å². The van der Waals surface area contributed by atoms with Gasteiger partial charge in [-0.3, -0.25) is 10.2 Å². The van der Waals surface area contributed by atoms with E-state index in [0.717, 1.165) is 45.2 Å². The molecule has 11 heteroatoms. The lowest BCUT2D eigenvalue weighted by molar-refractivity contribution is -0.114. The number of methoxy groups -OCH3 is 1. The van der Waals surface area contributed by atoms with Crippen molar-refractivity contribution in [2.45, 2.75) is 27.7 Å². The number of aliphatic imine (C=N–C) groups is 1. The largest absolute Gasteiger partial charge is 0.497 e. The van der Waals surface area contributed by atoms with Crippen molar-refractivity contribution in [3.05, 3.63) is 52.9 Å². The van der Waals surface area contributed by atoms with Crippen molar-refractivity contribution >= 4 is 49.0 Å². The Bertz CT molecular complexity index is 1400. The van der Waals surface area contributed by atoms with Crippen LogP contribution < -0.4 is 4.74 Å². The number of thioether (sulfide) groups is 1. The molecule has 0 spiro atoms. The highest BCUT2D eigenvalue weighted by Gasteiger charge is 2.40. The van der Waals surface area contributed by atoms with Gasteiger partial charge in [-0.25, -0.2) is 8.42 Å². The SMILES string of the molecule is COc1cccc(-n2c(C)cc(/C=C3\C(=N)N4N=C(S(=O)(=O)CC(C)C)SC4=NC3=O)c2C)c1. The van der Waals surface area contributed by atoms with Crippen molar-refractivity contribution in [2.75, 3.05) is 12.9 Å². The van der Waals surface area contributed by atoms with Crippen LogP contribution in [-0.4, -0.2) is 52.1 Å². The predicted molar refractivity (Wildman–Crippen MR) is 135 cm³/mol. The van der Waals surface area contributed by atoms with Crippen LogP contribution in [0.3, 0.4) is 0 Å². The average molecular weight is 500 g/mol. The number of hydrogen-bond acceptors (Lipinski definition) is 7. The Hall–Kier alpha value is -3.18. The zero-order valence-corrected chi connectivity index (χ0v) is 21.1. The molecule has 3 heterocycles. The fourth-order valence-electron chi connectivity index (χ4n) is 3.85. The number of hydrogen-bond donors (Lipinski definition) is 1. The summed E-state index contributed by atoms with van der Waals surface area (Å²) in [5, 5.41) is 13.9. The highest BCUT2D eigenvalue weighted by molar-refractivity contribution is 8.42. The number of amidine groups is 2. The number of nitrogens with one attached hydrogen (secondary N) is 1. The lowest BCUT2D eigenvalue weighted by Gasteiger charge is -2.20. The summed E-state index contributed by atoms with van der Waals surface area (Å²) in [4.78, 5) is 16.8. The van der Waals surface area contributed by atoms with Crippen LogP contribution in [0.1, 0.15) is 30.8 Å². The summed E-state index contributed by atoms with van der Waals surface area (Å²) in [6.45, 7) is 7.48. The number of sulfone groups is 1. The number of carbonyl (C=O) groups excluding carboxylic acids is 1. The molecule has 0 radical (unpaired) electrons. The van der Waals surface area contributed by atoms with Crippen LogP contribution >= 0.6 is 11.8 Å². The van der Waals surface area contributed by atoms with Gasteiger partial charge in [0.15, 0.2) is 5.84 Å². The number of aryl methyl sites for hydroxylation is 1. The second-order valence-corrected chi connectivity index (χ2v) is 11.6. The number of carbonyl (C=O) groups is 1. The summed E-state index contributed by atoms with van der Waals surface area (Å²) in [6, 6.07) is 9.55. The van der Waals surface area contributed by atoms with Gasteiger partial charge in [-0.15, -0.1) is 5.10 Å². The van der Waals surface area contributed by atoms with E-state index in [1.54, 1.807) is 27.0 Å². The molecule has 1 N–H and O–H groups in total. The summed E-state index contributed by atoms with van der Waals surface area (Å²) < 4.78 is 32.4. The number of rotatable bonds is 5. The van der Waals surface area contributed by atoms with Gasteiger partial charge in [0, 0.05) is 23.1 Å². The van der Waals surface area contributed by atoms with E-state index in [9.17, 15) is 13.2 Å². The number of hydrazone groups is 1. The average Bonchev–Trinajstić information content (AvgIpc) is 3.31. The molecule has 1 aromatic carbocycles. The van der Waals surface area contributed by atoms with Crippen molar-refractivity contribution in [2.24, 2.45) is 16.0 Å². The summed E-state index contributed by atoms with van der Waals surface area (Å²) in [5.74, 6) is -0.232. The molecule has 0 atom stereocenters. The quantitative estimate of drug-likeness (QED) is 0.626. The molecule has 0 saturated carbocycles. The maximum absolute atomic E-state index is 12.8. The summed E-state index contributed by atoms with van der Waals surface area (Å²) in [6.07, 6.45) is 1.60. The molecule has 2 aliphatic rings. The van der Waals surface area contributed by atoms with Gasteiger partial charge in [-0.1, -0.05) is 19.9 Å². The Balaban J connectivity index is 1.71. The molecule has 0 bridgehead atoms. The highest BCUT2D eigenvalue weighted by Crippen LogP contribution is 2.32. The molecule has 1 amide bonds. The first-order valence-electron chi connectivity index (χ1n) is 10.6. The monoisotopic (exact) mass is 499 g/mol. The molecule has 2 aliphatic heterocycles. The first-order valence-corrected chi connectivity index (χ1v) is 13.0. The van der Waals surface area contributed by atoms with Crippen molar-refractivity contribution < 1.29 is 17.9 Å². The van der Waals surface area contributed by atoms with E-state index in [0.29, 0.717) is 0 Å². The number of amides is 1. The van der Waals surface area contributed by atoms with Gasteiger partial charge < -0.3 is 9.30 Å². The Morgan fingerprint density at radius 2 is 1.97 bits per heavy atom. The number of benzene rings is 1. The molecule has 9 nitrogen and oxygen atoms in total. The first kappa shape index (κ1) is 24.0. The minimum Gasteiger partial charge on any atom is -0.497 e. The second kappa shape index (κ2) is 8.88. The minimum atomic E-state index is -3.63. The van der Waals surface area contributed by atoms with E-state index < -0.39 is 15.7 Å². The Labute approximate surface area is 202 Å². The van der Waals surface area contributed by atoms with Crippen LogP contribution in [-0.2, 0) is 14.6 Å². The van der Waals surface area contributed by atoms with Crippen LogP contribution in [0.2, 0.25) is 0 Å². The fraction of sp³-hybridized carbons (Fsp3) is 0.304. The molecule has 0 fully saturated rings. The van der Waals surface area contributed by atoms with Crippen molar-refractivity contribution in [3.63, 3.8) is 0 Å². The molecular formula is C23H25N5O4S2. The molecule has 34 heavy (non-hydrogen) atoms. The van der Waals surface area contributed by atoms with Gasteiger partial charge in [-0.05, 0) is 61.4 Å². The third-order valence-electron chi connectivity index (χ3n) is 5.34. The van der Waals surface area contributed by atoms with Gasteiger partial charge in [0.2, 0.25) is 19.4 Å². The van der Waals surface area contributed by atoms with Gasteiger partial charge in [0.05, 0.1) is 18.4 Å². The molecule has 0 unspecified atom stereocenters. The lowest BCUT2D eigenvalue weighted by atomic mass is 10.1. The maximum Gasteiger partial charge on any atom is 0.283 e. The number of aromatic nitrogens is 1. The fourth-order valence-corrected chi connectivity index (χ4v) is 6.63. The second-order valence-electron chi connectivity index (χ2n) is 8.42. The smallest absolute Gasteiger partial charge is 0.283 e.